The summed E-state index contributed by atoms with van der Waals surface area (Å²) in [6.07, 6.45) is 4.40. The van der Waals surface area contributed by atoms with Crippen molar-refractivity contribution in [2.45, 2.75) is 64.9 Å². The maximum atomic E-state index is 12.8. The highest BCUT2D eigenvalue weighted by atomic mass is 16.6. The first-order valence-corrected chi connectivity index (χ1v) is 9.23. The predicted molar refractivity (Wildman–Crippen MR) is 100 cm³/mol. The van der Waals surface area contributed by atoms with Gasteiger partial charge in [0, 0.05) is 0 Å². The van der Waals surface area contributed by atoms with Crippen LogP contribution in [0.5, 0.6) is 0 Å². The summed E-state index contributed by atoms with van der Waals surface area (Å²) in [5.74, 6) is -5.70. The number of esters is 1. The van der Waals surface area contributed by atoms with E-state index in [0.29, 0.717) is 25.3 Å². The average Bonchev–Trinajstić information content (AvgIpc) is 2.65. The standard InChI is InChI=1S/C20H26O8/c1-4-7-8-9-20(5-2,6-3)28-19(27)15-11-13(17(23)24)12(16(21)22)10-14(15)18(25)26/h10-11H,4-9H2,1-3H3,(H,21,22)(H,23,24)(H,25,26). The highest BCUT2D eigenvalue weighted by Gasteiger charge is 2.33. The summed E-state index contributed by atoms with van der Waals surface area (Å²) in [4.78, 5) is 47.0. The molecule has 0 heterocycles. The lowest BCUT2D eigenvalue weighted by Crippen LogP contribution is -2.34. The molecule has 0 atom stereocenters. The lowest BCUT2D eigenvalue weighted by atomic mass is 9.90. The number of rotatable bonds is 11. The van der Waals surface area contributed by atoms with Crippen LogP contribution in [0.4, 0.5) is 0 Å². The molecule has 1 aromatic rings. The van der Waals surface area contributed by atoms with E-state index in [9.17, 15) is 29.4 Å². The third kappa shape index (κ3) is 5.31. The minimum Gasteiger partial charge on any atom is -0.478 e. The molecule has 0 spiro atoms. The normalized spacial score (nSPS) is 11.1. The van der Waals surface area contributed by atoms with Crippen LogP contribution in [0.3, 0.4) is 0 Å². The van der Waals surface area contributed by atoms with E-state index in [0.717, 1.165) is 25.3 Å². The lowest BCUT2D eigenvalue weighted by molar-refractivity contribution is -0.0287. The van der Waals surface area contributed by atoms with Gasteiger partial charge in [-0.1, -0.05) is 33.6 Å². The van der Waals surface area contributed by atoms with E-state index in [4.69, 9.17) is 9.84 Å². The van der Waals surface area contributed by atoms with Crippen molar-refractivity contribution in [1.29, 1.82) is 0 Å². The molecule has 0 radical (unpaired) electrons. The maximum Gasteiger partial charge on any atom is 0.339 e. The van der Waals surface area contributed by atoms with Crippen LogP contribution in [0.2, 0.25) is 0 Å². The van der Waals surface area contributed by atoms with Gasteiger partial charge in [-0.25, -0.2) is 19.2 Å². The Balaban J connectivity index is 3.41. The second-order valence-corrected chi connectivity index (χ2v) is 6.60. The Hall–Kier alpha value is -2.90. The fourth-order valence-corrected chi connectivity index (χ4v) is 3.05. The van der Waals surface area contributed by atoms with E-state index in [2.05, 4.69) is 0 Å². The quantitative estimate of drug-likeness (QED) is 0.377. The van der Waals surface area contributed by atoms with Crippen LogP contribution in [0, 0.1) is 0 Å². The molecule has 1 aromatic carbocycles. The third-order valence-electron chi connectivity index (χ3n) is 4.90. The van der Waals surface area contributed by atoms with E-state index in [-0.39, 0.29) is 0 Å². The second kappa shape index (κ2) is 9.87. The third-order valence-corrected chi connectivity index (χ3v) is 4.90. The summed E-state index contributed by atoms with van der Waals surface area (Å²) in [5, 5.41) is 27.8. The van der Waals surface area contributed by atoms with Crippen LogP contribution in [-0.2, 0) is 4.74 Å². The molecule has 1 rings (SSSR count). The Morgan fingerprint density at radius 1 is 0.786 bits per heavy atom. The summed E-state index contributed by atoms with van der Waals surface area (Å²) in [6, 6.07) is 1.45. The smallest absolute Gasteiger partial charge is 0.339 e. The number of unbranched alkanes of at least 4 members (excludes halogenated alkanes) is 2. The Kier molecular flexibility index (Phi) is 8.16. The molecule has 8 heteroatoms. The SMILES string of the molecule is CCCCCC(CC)(CC)OC(=O)c1cc(C(=O)O)c(C(=O)O)cc1C(=O)O. The van der Waals surface area contributed by atoms with Crippen molar-refractivity contribution in [1.82, 2.24) is 0 Å². The molecular weight excluding hydrogens is 368 g/mol. The maximum absolute atomic E-state index is 12.8. The highest BCUT2D eigenvalue weighted by Crippen LogP contribution is 2.30. The number of hydrogen-bond donors (Lipinski definition) is 3. The molecule has 0 bridgehead atoms. The first kappa shape index (κ1) is 23.1. The monoisotopic (exact) mass is 394 g/mol. The van der Waals surface area contributed by atoms with Crippen molar-refractivity contribution in [3.63, 3.8) is 0 Å². The topological polar surface area (TPSA) is 138 Å². The molecule has 0 aromatic heterocycles. The van der Waals surface area contributed by atoms with Gasteiger partial charge >= 0.3 is 23.9 Å². The van der Waals surface area contributed by atoms with Gasteiger partial charge in [0.05, 0.1) is 22.3 Å². The molecule has 8 nitrogen and oxygen atoms in total. The van der Waals surface area contributed by atoms with Gasteiger partial charge in [0.25, 0.3) is 0 Å². The van der Waals surface area contributed by atoms with Gasteiger partial charge in [0.2, 0.25) is 0 Å². The van der Waals surface area contributed by atoms with Gasteiger partial charge < -0.3 is 20.1 Å². The summed E-state index contributed by atoms with van der Waals surface area (Å²) in [7, 11) is 0. The van der Waals surface area contributed by atoms with Gasteiger partial charge in [-0.2, -0.15) is 0 Å². The van der Waals surface area contributed by atoms with E-state index < -0.39 is 51.7 Å². The summed E-state index contributed by atoms with van der Waals surface area (Å²) < 4.78 is 5.65. The van der Waals surface area contributed by atoms with E-state index in [1.54, 1.807) is 0 Å². The van der Waals surface area contributed by atoms with E-state index >= 15 is 0 Å². The van der Waals surface area contributed by atoms with Gasteiger partial charge in [-0.05, 0) is 37.8 Å². The van der Waals surface area contributed by atoms with Crippen molar-refractivity contribution in [3.05, 3.63) is 34.4 Å². The highest BCUT2D eigenvalue weighted by molar-refractivity contribution is 6.09. The molecule has 154 valence electrons. The van der Waals surface area contributed by atoms with E-state index in [1.807, 2.05) is 20.8 Å². The summed E-state index contributed by atoms with van der Waals surface area (Å²) >= 11 is 0. The second-order valence-electron chi connectivity index (χ2n) is 6.60. The molecule has 0 aliphatic carbocycles. The largest absolute Gasteiger partial charge is 0.478 e. The first-order chi connectivity index (χ1) is 13.1. The molecule has 0 amide bonds. The molecule has 0 saturated carbocycles. The average molecular weight is 394 g/mol. The molecule has 0 saturated heterocycles. The van der Waals surface area contributed by atoms with Gasteiger partial charge in [-0.15, -0.1) is 0 Å². The minimum atomic E-state index is -1.60. The number of carboxylic acids is 3. The lowest BCUT2D eigenvalue weighted by Gasteiger charge is -2.32. The molecular formula is C20H26O8. The molecule has 0 fully saturated rings. The Bertz CT molecular complexity index is 762. The number of hydrogen-bond acceptors (Lipinski definition) is 5. The number of carboxylic acid groups (broad SMARTS) is 3. The minimum absolute atomic E-state index is 0.475. The van der Waals surface area contributed by atoms with Crippen molar-refractivity contribution in [2.24, 2.45) is 0 Å². The number of aromatic carboxylic acids is 3. The van der Waals surface area contributed by atoms with Gasteiger partial charge in [0.15, 0.2) is 0 Å². The zero-order valence-electron chi connectivity index (χ0n) is 16.3. The van der Waals surface area contributed by atoms with Crippen LogP contribution in [-0.4, -0.2) is 44.8 Å². The molecule has 0 aliphatic rings. The number of carbonyl (C=O) groups excluding carboxylic acids is 1. The summed E-state index contributed by atoms with van der Waals surface area (Å²) in [5.41, 5.74) is -3.26. The molecule has 0 unspecified atom stereocenters. The number of carbonyl (C=O) groups is 4. The first-order valence-electron chi connectivity index (χ1n) is 9.23. The van der Waals surface area contributed by atoms with Crippen LogP contribution in [0.1, 0.15) is 101 Å². The van der Waals surface area contributed by atoms with Crippen LogP contribution in [0.25, 0.3) is 0 Å². The predicted octanol–water partition coefficient (Wildman–Crippen LogP) is 4.08. The Morgan fingerprint density at radius 3 is 1.61 bits per heavy atom. The van der Waals surface area contributed by atoms with Crippen molar-refractivity contribution in [3.8, 4) is 0 Å². The van der Waals surface area contributed by atoms with Crippen LogP contribution < -0.4 is 0 Å². The number of ether oxygens (including phenoxy) is 1. The van der Waals surface area contributed by atoms with Crippen molar-refractivity contribution < 1.29 is 39.2 Å². The molecule has 28 heavy (non-hydrogen) atoms. The van der Waals surface area contributed by atoms with E-state index in [1.165, 1.54) is 0 Å². The molecule has 0 aliphatic heterocycles. The Labute approximate surface area is 163 Å². The Morgan fingerprint density at radius 2 is 1.21 bits per heavy atom. The number of benzene rings is 1. The van der Waals surface area contributed by atoms with Gasteiger partial charge in [-0.3, -0.25) is 0 Å². The summed E-state index contributed by atoms with van der Waals surface area (Å²) in [6.45, 7) is 5.76. The molecule has 3 N–H and O–H groups in total. The van der Waals surface area contributed by atoms with Gasteiger partial charge in [0.1, 0.15) is 5.60 Å². The van der Waals surface area contributed by atoms with Crippen molar-refractivity contribution in [2.75, 3.05) is 0 Å². The van der Waals surface area contributed by atoms with Crippen LogP contribution in [0.15, 0.2) is 12.1 Å². The van der Waals surface area contributed by atoms with Crippen molar-refractivity contribution >= 4 is 23.9 Å². The zero-order valence-corrected chi connectivity index (χ0v) is 16.3. The zero-order chi connectivity index (χ0) is 21.5. The van der Waals surface area contributed by atoms with Crippen LogP contribution >= 0.6 is 0 Å². The fraction of sp³-hybridized carbons (Fsp3) is 0.500. The fourth-order valence-electron chi connectivity index (χ4n) is 3.05.